The van der Waals surface area contributed by atoms with Crippen molar-refractivity contribution in [1.82, 2.24) is 9.97 Å². The molecule has 1 aromatic carbocycles. The monoisotopic (exact) mass is 335 g/mol. The van der Waals surface area contributed by atoms with E-state index in [1.165, 1.54) is 23.5 Å². The molecule has 0 atom stereocenters. The fourth-order valence-electron chi connectivity index (χ4n) is 2.19. The number of hydrogen-bond donors (Lipinski definition) is 1. The molecule has 0 aliphatic heterocycles. The maximum atomic E-state index is 13.1. The average molecular weight is 336 g/mol. The summed E-state index contributed by atoms with van der Waals surface area (Å²) < 4.78 is 13.1. The second-order valence-electron chi connectivity index (χ2n) is 5.45. The van der Waals surface area contributed by atoms with Gasteiger partial charge in [-0.1, -0.05) is 26.0 Å². The number of anilines is 1. The van der Waals surface area contributed by atoms with Gasteiger partial charge in [0.25, 0.3) is 0 Å². The SMILES string of the molecule is CC(C)CNc1nc(Cl)nc2scc(-c3ccc(F)cc3)c12. The van der Waals surface area contributed by atoms with Crippen LogP contribution in [0.15, 0.2) is 29.6 Å². The number of halogens is 2. The third-order valence-corrected chi connectivity index (χ3v) is 4.28. The molecule has 3 aromatic rings. The maximum Gasteiger partial charge on any atom is 0.225 e. The molecule has 0 fully saturated rings. The van der Waals surface area contributed by atoms with Gasteiger partial charge in [0.05, 0.1) is 5.39 Å². The van der Waals surface area contributed by atoms with Crippen LogP contribution in [0.25, 0.3) is 21.3 Å². The molecular weight excluding hydrogens is 321 g/mol. The van der Waals surface area contributed by atoms with Crippen molar-refractivity contribution in [3.05, 3.63) is 40.7 Å². The van der Waals surface area contributed by atoms with Gasteiger partial charge >= 0.3 is 0 Å². The Kier molecular flexibility index (Phi) is 4.27. The van der Waals surface area contributed by atoms with E-state index in [1.54, 1.807) is 12.1 Å². The number of nitrogens with one attached hydrogen (secondary N) is 1. The van der Waals surface area contributed by atoms with Crippen LogP contribution in [0, 0.1) is 11.7 Å². The molecule has 22 heavy (non-hydrogen) atoms. The highest BCUT2D eigenvalue weighted by Gasteiger charge is 2.15. The number of hydrogen-bond acceptors (Lipinski definition) is 4. The quantitative estimate of drug-likeness (QED) is 0.664. The molecule has 0 unspecified atom stereocenters. The number of benzene rings is 1. The van der Waals surface area contributed by atoms with Crippen molar-refractivity contribution >= 4 is 39.0 Å². The molecule has 2 heterocycles. The third kappa shape index (κ3) is 3.05. The second-order valence-corrected chi connectivity index (χ2v) is 6.65. The molecule has 3 nitrogen and oxygen atoms in total. The lowest BCUT2D eigenvalue weighted by atomic mass is 10.1. The van der Waals surface area contributed by atoms with E-state index in [0.29, 0.717) is 5.92 Å². The number of nitrogens with zero attached hydrogens (tertiary/aromatic N) is 2. The average Bonchev–Trinajstić information content (AvgIpc) is 2.89. The Labute approximate surface area is 137 Å². The lowest BCUT2D eigenvalue weighted by molar-refractivity contribution is 0.628. The maximum absolute atomic E-state index is 13.1. The van der Waals surface area contributed by atoms with Crippen LogP contribution in [0.3, 0.4) is 0 Å². The summed E-state index contributed by atoms with van der Waals surface area (Å²) in [6.07, 6.45) is 0. The van der Waals surface area contributed by atoms with Crippen LogP contribution in [-0.4, -0.2) is 16.5 Å². The van der Waals surface area contributed by atoms with Gasteiger partial charge in [0.2, 0.25) is 5.28 Å². The lowest BCUT2D eigenvalue weighted by Gasteiger charge is -2.11. The minimum absolute atomic E-state index is 0.228. The Hall–Kier alpha value is -1.72. The van der Waals surface area contributed by atoms with Crippen LogP contribution >= 0.6 is 22.9 Å². The lowest BCUT2D eigenvalue weighted by Crippen LogP contribution is -2.09. The van der Waals surface area contributed by atoms with Crippen LogP contribution in [0.2, 0.25) is 5.28 Å². The summed E-state index contributed by atoms with van der Waals surface area (Å²) in [4.78, 5) is 9.44. The van der Waals surface area contributed by atoms with E-state index in [1.807, 2.05) is 5.38 Å². The van der Waals surface area contributed by atoms with Crippen molar-refractivity contribution in [2.24, 2.45) is 5.92 Å². The standard InChI is InChI=1S/C16H15ClFN3S/c1-9(2)7-19-14-13-12(10-3-5-11(18)6-4-10)8-22-15(13)21-16(17)20-14/h3-6,8-9H,7H2,1-2H3,(H,19,20,21). The van der Waals surface area contributed by atoms with Crippen LogP contribution < -0.4 is 5.32 Å². The Morgan fingerprint density at radius 1 is 1.23 bits per heavy atom. The van der Waals surface area contributed by atoms with Crippen molar-refractivity contribution in [3.63, 3.8) is 0 Å². The summed E-state index contributed by atoms with van der Waals surface area (Å²) in [7, 11) is 0. The Bertz CT molecular complexity index is 799. The highest BCUT2D eigenvalue weighted by Crippen LogP contribution is 2.37. The number of aromatic nitrogens is 2. The van der Waals surface area contributed by atoms with Gasteiger partial charge in [-0.25, -0.2) is 14.4 Å². The molecule has 0 radical (unpaired) electrons. The summed E-state index contributed by atoms with van der Waals surface area (Å²) in [6.45, 7) is 5.05. The van der Waals surface area contributed by atoms with Crippen LogP contribution in [0.4, 0.5) is 10.2 Å². The molecule has 0 aliphatic carbocycles. The van der Waals surface area contributed by atoms with E-state index in [4.69, 9.17) is 11.6 Å². The first kappa shape index (κ1) is 15.2. The zero-order valence-corrected chi connectivity index (χ0v) is 13.8. The van der Waals surface area contributed by atoms with E-state index >= 15 is 0 Å². The summed E-state index contributed by atoms with van der Waals surface area (Å²) >= 11 is 7.52. The summed E-state index contributed by atoms with van der Waals surface area (Å²) in [5.74, 6) is 0.960. The summed E-state index contributed by atoms with van der Waals surface area (Å²) in [5, 5.41) is 6.50. The van der Waals surface area contributed by atoms with Crippen molar-refractivity contribution in [3.8, 4) is 11.1 Å². The highest BCUT2D eigenvalue weighted by molar-refractivity contribution is 7.17. The third-order valence-electron chi connectivity index (χ3n) is 3.24. The molecule has 0 saturated heterocycles. The van der Waals surface area contributed by atoms with Gasteiger partial charge in [-0.3, -0.25) is 0 Å². The van der Waals surface area contributed by atoms with Crippen LogP contribution in [-0.2, 0) is 0 Å². The predicted molar refractivity (Wildman–Crippen MR) is 91.1 cm³/mol. The molecule has 2 aromatic heterocycles. The van der Waals surface area contributed by atoms with Gasteiger partial charge in [0.15, 0.2) is 0 Å². The molecule has 0 amide bonds. The molecule has 0 aliphatic rings. The van der Waals surface area contributed by atoms with Gasteiger partial charge in [0, 0.05) is 17.5 Å². The van der Waals surface area contributed by atoms with Crippen LogP contribution in [0.1, 0.15) is 13.8 Å². The Balaban J connectivity index is 2.13. The van der Waals surface area contributed by atoms with Gasteiger partial charge in [-0.05, 0) is 35.2 Å². The van der Waals surface area contributed by atoms with Crippen LogP contribution in [0.5, 0.6) is 0 Å². The first-order valence-electron chi connectivity index (χ1n) is 6.99. The van der Waals surface area contributed by atoms with Crippen molar-refractivity contribution < 1.29 is 4.39 Å². The molecule has 0 saturated carbocycles. The Morgan fingerprint density at radius 2 is 1.95 bits per heavy atom. The van der Waals surface area contributed by atoms with Gasteiger partial charge in [-0.15, -0.1) is 11.3 Å². The smallest absolute Gasteiger partial charge is 0.225 e. The van der Waals surface area contributed by atoms with Crippen molar-refractivity contribution in [1.29, 1.82) is 0 Å². The van der Waals surface area contributed by atoms with E-state index in [2.05, 4.69) is 29.1 Å². The fraction of sp³-hybridized carbons (Fsp3) is 0.250. The molecule has 0 spiro atoms. The normalized spacial score (nSPS) is 11.3. The molecule has 0 bridgehead atoms. The van der Waals surface area contributed by atoms with Gasteiger partial charge < -0.3 is 5.32 Å². The number of fused-ring (bicyclic) bond motifs is 1. The highest BCUT2D eigenvalue weighted by atomic mass is 35.5. The Morgan fingerprint density at radius 3 is 2.64 bits per heavy atom. The summed E-state index contributed by atoms with van der Waals surface area (Å²) in [5.41, 5.74) is 1.93. The minimum atomic E-state index is -0.249. The predicted octanol–water partition coefficient (Wildman–Crippen LogP) is 5.22. The molecule has 3 rings (SSSR count). The fourth-order valence-corrected chi connectivity index (χ4v) is 3.35. The van der Waals surface area contributed by atoms with E-state index in [-0.39, 0.29) is 11.1 Å². The van der Waals surface area contributed by atoms with E-state index in [9.17, 15) is 4.39 Å². The van der Waals surface area contributed by atoms with Crippen molar-refractivity contribution in [2.45, 2.75) is 13.8 Å². The van der Waals surface area contributed by atoms with Gasteiger partial charge in [-0.2, -0.15) is 0 Å². The number of rotatable bonds is 4. The molecule has 114 valence electrons. The van der Waals surface area contributed by atoms with Gasteiger partial charge in [0.1, 0.15) is 16.5 Å². The second kappa shape index (κ2) is 6.18. The van der Waals surface area contributed by atoms with E-state index < -0.39 is 0 Å². The largest absolute Gasteiger partial charge is 0.369 e. The molecular formula is C16H15ClFN3S. The van der Waals surface area contributed by atoms with Crippen molar-refractivity contribution in [2.75, 3.05) is 11.9 Å². The topological polar surface area (TPSA) is 37.8 Å². The zero-order chi connectivity index (χ0) is 15.7. The van der Waals surface area contributed by atoms with E-state index in [0.717, 1.165) is 33.7 Å². The number of thiophene rings is 1. The first-order valence-corrected chi connectivity index (χ1v) is 8.25. The first-order chi connectivity index (χ1) is 10.5. The zero-order valence-electron chi connectivity index (χ0n) is 12.2. The molecule has 6 heteroatoms. The molecule has 1 N–H and O–H groups in total. The minimum Gasteiger partial charge on any atom is -0.369 e. The summed E-state index contributed by atoms with van der Waals surface area (Å²) in [6, 6.07) is 6.43.